The van der Waals surface area contributed by atoms with E-state index in [9.17, 15) is 14.5 Å². The third kappa shape index (κ3) is 2.28. The van der Waals surface area contributed by atoms with Crippen LogP contribution in [-0.4, -0.2) is 35.2 Å². The van der Waals surface area contributed by atoms with Crippen molar-refractivity contribution in [3.63, 3.8) is 0 Å². The highest BCUT2D eigenvalue weighted by molar-refractivity contribution is 5.90. The summed E-state index contributed by atoms with van der Waals surface area (Å²) in [4.78, 5) is 35.2. The van der Waals surface area contributed by atoms with E-state index in [2.05, 4.69) is 5.18 Å². The summed E-state index contributed by atoms with van der Waals surface area (Å²) in [5.74, 6) is -0.109. The van der Waals surface area contributed by atoms with Crippen molar-refractivity contribution in [2.24, 2.45) is 11.1 Å². The number of amides is 1. The van der Waals surface area contributed by atoms with Gasteiger partial charge in [-0.05, 0) is 26.2 Å². The monoisotopic (exact) mass is 226 g/mol. The highest BCUT2D eigenvalue weighted by Crippen LogP contribution is 2.28. The maximum absolute atomic E-state index is 11.8. The van der Waals surface area contributed by atoms with Gasteiger partial charge in [-0.15, -0.1) is 4.91 Å². The molecule has 1 aliphatic rings. The molecule has 5 nitrogen and oxygen atoms in total. The van der Waals surface area contributed by atoms with Crippen molar-refractivity contribution in [1.82, 2.24) is 4.90 Å². The lowest BCUT2D eigenvalue weighted by Crippen LogP contribution is -2.45. The van der Waals surface area contributed by atoms with Gasteiger partial charge in [0.05, 0.1) is 6.04 Å². The second-order valence-corrected chi connectivity index (χ2v) is 4.33. The highest BCUT2D eigenvalue weighted by Gasteiger charge is 2.40. The van der Waals surface area contributed by atoms with Crippen molar-refractivity contribution < 1.29 is 9.59 Å². The van der Waals surface area contributed by atoms with Crippen molar-refractivity contribution in [2.45, 2.75) is 45.7 Å². The molecule has 1 rings (SSSR count). The zero-order chi connectivity index (χ0) is 12.3. The summed E-state index contributed by atoms with van der Waals surface area (Å²) in [5, 5.41) is 2.73. The number of carbonyl (C=O) groups excluding carboxylic acids is 2. The first-order chi connectivity index (χ1) is 7.52. The van der Waals surface area contributed by atoms with E-state index < -0.39 is 6.04 Å². The molecule has 0 spiro atoms. The Balaban J connectivity index is 2.84. The molecule has 1 fully saturated rings. The van der Waals surface area contributed by atoms with Crippen LogP contribution >= 0.6 is 0 Å². The maximum Gasteiger partial charge on any atom is 0.251 e. The first kappa shape index (κ1) is 12.8. The maximum atomic E-state index is 11.8. The fourth-order valence-corrected chi connectivity index (χ4v) is 2.37. The Morgan fingerprint density at radius 2 is 2.12 bits per heavy atom. The third-order valence-corrected chi connectivity index (χ3v) is 3.26. The lowest BCUT2D eigenvalue weighted by Gasteiger charge is -2.26. The molecule has 0 aromatic heterocycles. The van der Waals surface area contributed by atoms with Gasteiger partial charge in [0.25, 0.3) is 5.91 Å². The standard InChI is InChI=1S/C11H18N2O3/c1-4-9-5-6-13(10(9)8(3)14)11(15)7(2)12-16/h7,9-10H,4-6H2,1-3H3/t7-,9+,10+/m0/s1. The number of Topliss-reactive ketones (excluding diaryl/α,β-unsaturated/α-hetero) is 1. The summed E-state index contributed by atoms with van der Waals surface area (Å²) in [6, 6.07) is -1.25. The minimum absolute atomic E-state index is 0.00389. The predicted molar refractivity (Wildman–Crippen MR) is 59.8 cm³/mol. The Bertz CT molecular complexity index is 304. The van der Waals surface area contributed by atoms with Crippen LogP contribution in [0.5, 0.6) is 0 Å². The molecule has 1 saturated heterocycles. The number of nitrogens with zero attached hydrogens (tertiary/aromatic N) is 2. The van der Waals surface area contributed by atoms with Crippen molar-refractivity contribution in [1.29, 1.82) is 0 Å². The van der Waals surface area contributed by atoms with Crippen molar-refractivity contribution in [3.05, 3.63) is 4.91 Å². The fraction of sp³-hybridized carbons (Fsp3) is 0.818. The average Bonchev–Trinajstić information content (AvgIpc) is 2.70. The van der Waals surface area contributed by atoms with Gasteiger partial charge in [0.2, 0.25) is 0 Å². The molecule has 1 heterocycles. The van der Waals surface area contributed by atoms with E-state index in [0.717, 1.165) is 12.8 Å². The molecule has 1 aliphatic heterocycles. The predicted octanol–water partition coefficient (Wildman–Crippen LogP) is 1.36. The van der Waals surface area contributed by atoms with Crippen LogP contribution in [0.1, 0.15) is 33.6 Å². The van der Waals surface area contributed by atoms with E-state index in [-0.39, 0.29) is 23.7 Å². The lowest BCUT2D eigenvalue weighted by atomic mass is 9.95. The largest absolute Gasteiger partial charge is 0.330 e. The van der Waals surface area contributed by atoms with Gasteiger partial charge in [-0.3, -0.25) is 9.59 Å². The van der Waals surface area contributed by atoms with Crippen molar-refractivity contribution in [3.8, 4) is 0 Å². The Hall–Kier alpha value is -1.26. The van der Waals surface area contributed by atoms with Crippen LogP contribution in [0.3, 0.4) is 0 Å². The number of rotatable bonds is 4. The Morgan fingerprint density at radius 1 is 1.50 bits per heavy atom. The van der Waals surface area contributed by atoms with Gasteiger partial charge >= 0.3 is 0 Å². The molecule has 0 unspecified atom stereocenters. The molecule has 90 valence electrons. The summed E-state index contributed by atoms with van der Waals surface area (Å²) in [7, 11) is 0. The molecular weight excluding hydrogens is 208 g/mol. The first-order valence-corrected chi connectivity index (χ1v) is 5.66. The Kier molecular flexibility index (Phi) is 4.15. The normalized spacial score (nSPS) is 26.6. The molecule has 5 heteroatoms. The van der Waals surface area contributed by atoms with E-state index in [1.165, 1.54) is 18.7 Å². The fourth-order valence-electron chi connectivity index (χ4n) is 2.37. The number of hydrogen-bond donors (Lipinski definition) is 0. The molecule has 0 bridgehead atoms. The Labute approximate surface area is 95.2 Å². The lowest BCUT2D eigenvalue weighted by molar-refractivity contribution is -0.138. The molecule has 16 heavy (non-hydrogen) atoms. The van der Waals surface area contributed by atoms with Gasteiger partial charge in [0.15, 0.2) is 11.8 Å². The van der Waals surface area contributed by atoms with Gasteiger partial charge in [-0.25, -0.2) is 0 Å². The molecule has 0 aliphatic carbocycles. The zero-order valence-electron chi connectivity index (χ0n) is 9.97. The van der Waals surface area contributed by atoms with E-state index in [0.29, 0.717) is 6.54 Å². The van der Waals surface area contributed by atoms with Gasteiger partial charge in [-0.2, -0.15) is 0 Å². The molecule has 1 amide bonds. The molecule has 0 aromatic carbocycles. The van der Waals surface area contributed by atoms with E-state index in [4.69, 9.17) is 0 Å². The first-order valence-electron chi connectivity index (χ1n) is 5.66. The van der Waals surface area contributed by atoms with E-state index >= 15 is 0 Å². The minimum Gasteiger partial charge on any atom is -0.330 e. The van der Waals surface area contributed by atoms with E-state index in [1.807, 2.05) is 6.92 Å². The SMILES string of the molecule is CC[C@@H]1CCN(C(=O)[C@H](C)N=O)[C@@H]1C(C)=O. The van der Waals surface area contributed by atoms with E-state index in [1.54, 1.807) is 0 Å². The number of hydrogen-bond acceptors (Lipinski definition) is 4. The van der Waals surface area contributed by atoms with Crippen LogP contribution in [0.15, 0.2) is 5.18 Å². The van der Waals surface area contributed by atoms with Gasteiger partial charge in [0.1, 0.15) is 0 Å². The summed E-state index contributed by atoms with van der Waals surface area (Å²) in [6.45, 7) is 5.53. The van der Waals surface area contributed by atoms with Gasteiger partial charge < -0.3 is 4.90 Å². The molecule has 0 radical (unpaired) electrons. The molecule has 3 atom stereocenters. The van der Waals surface area contributed by atoms with Gasteiger partial charge in [0, 0.05) is 6.54 Å². The average molecular weight is 226 g/mol. The summed E-state index contributed by atoms with van der Waals surface area (Å²) >= 11 is 0. The summed E-state index contributed by atoms with van der Waals surface area (Å²) < 4.78 is 0. The van der Waals surface area contributed by atoms with Crippen LogP contribution in [0.25, 0.3) is 0 Å². The van der Waals surface area contributed by atoms with Crippen molar-refractivity contribution in [2.75, 3.05) is 6.54 Å². The van der Waals surface area contributed by atoms with Crippen LogP contribution < -0.4 is 0 Å². The number of carbonyl (C=O) groups is 2. The van der Waals surface area contributed by atoms with Gasteiger partial charge in [-0.1, -0.05) is 18.5 Å². The molecule has 0 aromatic rings. The number of ketones is 1. The second-order valence-electron chi connectivity index (χ2n) is 4.33. The summed E-state index contributed by atoms with van der Waals surface area (Å²) in [6.07, 6.45) is 1.70. The summed E-state index contributed by atoms with van der Waals surface area (Å²) in [5.41, 5.74) is 0. The van der Waals surface area contributed by atoms with Crippen LogP contribution in [0.2, 0.25) is 0 Å². The zero-order valence-corrected chi connectivity index (χ0v) is 9.97. The molecule has 0 saturated carbocycles. The topological polar surface area (TPSA) is 66.8 Å². The third-order valence-electron chi connectivity index (χ3n) is 3.26. The van der Waals surface area contributed by atoms with Crippen LogP contribution in [0.4, 0.5) is 0 Å². The molecular formula is C11H18N2O3. The van der Waals surface area contributed by atoms with Crippen LogP contribution in [0, 0.1) is 10.8 Å². The minimum atomic E-state index is -0.891. The Morgan fingerprint density at radius 3 is 2.56 bits per heavy atom. The van der Waals surface area contributed by atoms with Crippen molar-refractivity contribution >= 4 is 11.7 Å². The second kappa shape index (κ2) is 5.18. The highest BCUT2D eigenvalue weighted by atomic mass is 16.3. The van der Waals surface area contributed by atoms with Crippen LogP contribution in [-0.2, 0) is 9.59 Å². The number of nitroso groups, excluding NO2 is 1. The smallest absolute Gasteiger partial charge is 0.251 e. The number of likely N-dealkylation sites (tertiary alicyclic amines) is 1. The molecule has 0 N–H and O–H groups in total. The quantitative estimate of drug-likeness (QED) is 0.680.